The topological polar surface area (TPSA) is 110 Å². The zero-order valence-electron chi connectivity index (χ0n) is 18.3. The van der Waals surface area contributed by atoms with E-state index in [1.807, 2.05) is 12.1 Å². The molecule has 8 nitrogen and oxygen atoms in total. The number of unbranched alkanes of at least 4 members (excludes halogenated alkanes) is 3. The van der Waals surface area contributed by atoms with E-state index in [1.165, 1.54) is 50.5 Å². The van der Waals surface area contributed by atoms with Gasteiger partial charge in [0.1, 0.15) is 5.54 Å². The maximum atomic E-state index is 13.0. The molecule has 8 heteroatoms. The highest BCUT2D eigenvalue weighted by molar-refractivity contribution is 6.11. The number of amides is 3. The fourth-order valence-electron chi connectivity index (χ4n) is 3.81. The Morgan fingerprint density at radius 1 is 1.09 bits per heavy atom. The second kappa shape index (κ2) is 9.72. The van der Waals surface area contributed by atoms with Crippen molar-refractivity contribution in [2.75, 3.05) is 6.54 Å². The van der Waals surface area contributed by atoms with Crippen LogP contribution in [0.3, 0.4) is 0 Å². The minimum atomic E-state index is -1.48. The summed E-state index contributed by atoms with van der Waals surface area (Å²) < 4.78 is 0. The highest BCUT2D eigenvalue weighted by Crippen LogP contribution is 2.31. The van der Waals surface area contributed by atoms with E-state index in [9.17, 15) is 24.5 Å². The number of carbonyl (C=O) groups excluding carboxylic acids is 3. The van der Waals surface area contributed by atoms with Gasteiger partial charge in [0.2, 0.25) is 0 Å². The van der Waals surface area contributed by atoms with E-state index in [1.54, 1.807) is 12.1 Å². The number of imide groups is 1. The first kappa shape index (κ1) is 23.1. The zero-order chi connectivity index (χ0) is 23.3. The molecule has 1 fully saturated rings. The number of hydrogen-bond donors (Lipinski definition) is 1. The quantitative estimate of drug-likeness (QED) is 0.195. The summed E-state index contributed by atoms with van der Waals surface area (Å²) in [6.45, 7) is 3.24. The van der Waals surface area contributed by atoms with E-state index in [2.05, 4.69) is 12.2 Å². The predicted molar refractivity (Wildman–Crippen MR) is 119 cm³/mol. The Bertz CT molecular complexity index is 1030. The number of non-ortho nitro benzene ring substituents is 1. The fraction of sp³-hybridized carbons (Fsp3) is 0.375. The maximum absolute atomic E-state index is 13.0. The minimum absolute atomic E-state index is 0.185. The van der Waals surface area contributed by atoms with E-state index >= 15 is 0 Å². The van der Waals surface area contributed by atoms with Crippen LogP contribution >= 0.6 is 0 Å². The normalized spacial score (nSPS) is 18.0. The molecule has 3 amide bonds. The van der Waals surface area contributed by atoms with Gasteiger partial charge >= 0.3 is 6.03 Å². The van der Waals surface area contributed by atoms with E-state index in [0.717, 1.165) is 23.3 Å². The van der Waals surface area contributed by atoms with E-state index < -0.39 is 28.9 Å². The van der Waals surface area contributed by atoms with Gasteiger partial charge in [-0.2, -0.15) is 0 Å². The van der Waals surface area contributed by atoms with Crippen molar-refractivity contribution in [3.8, 4) is 0 Å². The molecule has 1 unspecified atom stereocenters. The van der Waals surface area contributed by atoms with Crippen LogP contribution in [0.25, 0.3) is 0 Å². The molecular weight excluding hydrogens is 410 g/mol. The second-order valence-corrected chi connectivity index (χ2v) is 8.18. The number of hydrogen-bond acceptors (Lipinski definition) is 5. The highest BCUT2D eigenvalue weighted by Gasteiger charge is 2.49. The Morgan fingerprint density at radius 2 is 1.81 bits per heavy atom. The molecule has 3 rings (SSSR count). The zero-order valence-corrected chi connectivity index (χ0v) is 18.3. The summed E-state index contributed by atoms with van der Waals surface area (Å²) in [6, 6.07) is 12.1. The van der Waals surface area contributed by atoms with Crippen LogP contribution in [0, 0.1) is 10.1 Å². The van der Waals surface area contributed by atoms with Gasteiger partial charge in [0.15, 0.2) is 5.78 Å². The van der Waals surface area contributed by atoms with Crippen molar-refractivity contribution in [3.63, 3.8) is 0 Å². The molecule has 2 aromatic rings. The summed E-state index contributed by atoms with van der Waals surface area (Å²) >= 11 is 0. The lowest BCUT2D eigenvalue weighted by Gasteiger charge is -2.22. The number of nitro groups is 1. The van der Waals surface area contributed by atoms with Gasteiger partial charge in [-0.05, 0) is 30.9 Å². The van der Waals surface area contributed by atoms with Crippen LogP contribution in [-0.4, -0.2) is 34.1 Å². The van der Waals surface area contributed by atoms with E-state index in [0.29, 0.717) is 5.56 Å². The van der Waals surface area contributed by atoms with Crippen molar-refractivity contribution in [2.24, 2.45) is 0 Å². The van der Waals surface area contributed by atoms with Gasteiger partial charge < -0.3 is 5.32 Å². The number of rotatable bonds is 10. The molecule has 0 bridgehead atoms. The van der Waals surface area contributed by atoms with Gasteiger partial charge in [0.25, 0.3) is 11.6 Å². The Labute approximate surface area is 186 Å². The number of nitro benzene ring substituents is 1. The second-order valence-electron chi connectivity index (χ2n) is 8.18. The molecule has 0 radical (unpaired) electrons. The molecule has 1 N–H and O–H groups in total. The molecule has 0 saturated carbocycles. The third kappa shape index (κ3) is 4.85. The number of benzene rings is 2. The van der Waals surface area contributed by atoms with Crippen LogP contribution in [-0.2, 0) is 16.8 Å². The van der Waals surface area contributed by atoms with Gasteiger partial charge in [-0.3, -0.25) is 24.6 Å². The van der Waals surface area contributed by atoms with Gasteiger partial charge in [-0.1, -0.05) is 62.6 Å². The Kier molecular flexibility index (Phi) is 7.02. The Balaban J connectivity index is 1.69. The summed E-state index contributed by atoms with van der Waals surface area (Å²) in [5.41, 5.74) is 0.186. The molecular formula is C24H27N3O5. The first-order valence-corrected chi connectivity index (χ1v) is 10.8. The predicted octanol–water partition coefficient (Wildman–Crippen LogP) is 4.37. The fourth-order valence-corrected chi connectivity index (χ4v) is 3.81. The largest absolute Gasteiger partial charge is 0.325 e. The molecule has 0 aliphatic carbocycles. The van der Waals surface area contributed by atoms with Crippen molar-refractivity contribution in [1.29, 1.82) is 0 Å². The molecule has 0 aromatic heterocycles. The SMILES string of the molecule is CCCCCCc1ccc(C(=O)CN2C(=O)NC(C)(c3cccc([N+](=O)[O-])c3)C2=O)cc1. The van der Waals surface area contributed by atoms with Gasteiger partial charge in [0, 0.05) is 17.7 Å². The summed E-state index contributed by atoms with van der Waals surface area (Å²) in [4.78, 5) is 49.6. The molecule has 32 heavy (non-hydrogen) atoms. The Morgan fingerprint density at radius 3 is 2.47 bits per heavy atom. The van der Waals surface area contributed by atoms with Crippen LogP contribution in [0.2, 0.25) is 0 Å². The molecule has 1 saturated heterocycles. The molecule has 1 aliphatic rings. The number of nitrogens with one attached hydrogen (secondary N) is 1. The smallest absolute Gasteiger partial charge is 0.319 e. The lowest BCUT2D eigenvalue weighted by atomic mass is 9.91. The number of ketones is 1. The third-order valence-electron chi connectivity index (χ3n) is 5.81. The minimum Gasteiger partial charge on any atom is -0.319 e. The summed E-state index contributed by atoms with van der Waals surface area (Å²) in [7, 11) is 0. The van der Waals surface area contributed by atoms with Crippen molar-refractivity contribution in [3.05, 3.63) is 75.3 Å². The lowest BCUT2D eigenvalue weighted by Crippen LogP contribution is -2.41. The Hall–Kier alpha value is -3.55. The van der Waals surface area contributed by atoms with Crippen LogP contribution in [0.5, 0.6) is 0 Å². The summed E-state index contributed by atoms with van der Waals surface area (Å²) in [5.74, 6) is -0.974. The number of carbonyl (C=O) groups is 3. The molecule has 1 aliphatic heterocycles. The van der Waals surface area contributed by atoms with Crippen molar-refractivity contribution in [2.45, 2.75) is 51.5 Å². The first-order chi connectivity index (χ1) is 15.3. The summed E-state index contributed by atoms with van der Waals surface area (Å²) in [6.07, 6.45) is 5.60. The molecule has 168 valence electrons. The molecule has 1 heterocycles. The average molecular weight is 437 g/mol. The molecule has 1 atom stereocenters. The summed E-state index contributed by atoms with van der Waals surface area (Å²) in [5, 5.41) is 13.6. The number of Topliss-reactive ketones (excluding diaryl/α,β-unsaturated/α-hetero) is 1. The van der Waals surface area contributed by atoms with Crippen molar-refractivity contribution >= 4 is 23.4 Å². The molecule has 2 aromatic carbocycles. The lowest BCUT2D eigenvalue weighted by molar-refractivity contribution is -0.385. The number of aryl methyl sites for hydroxylation is 1. The average Bonchev–Trinajstić information content (AvgIpc) is 3.01. The van der Waals surface area contributed by atoms with Crippen LogP contribution < -0.4 is 5.32 Å². The monoisotopic (exact) mass is 437 g/mol. The van der Waals surface area contributed by atoms with E-state index in [-0.39, 0.29) is 17.0 Å². The van der Waals surface area contributed by atoms with Crippen LogP contribution in [0.1, 0.15) is 61.0 Å². The third-order valence-corrected chi connectivity index (χ3v) is 5.81. The standard InChI is InChI=1S/C24H27N3O5/c1-3-4-5-6-8-17-11-13-18(14-12-17)21(28)16-26-22(29)24(2,25-23(26)30)19-9-7-10-20(15-19)27(31)32/h7,9-15H,3-6,8,16H2,1-2H3,(H,25,30). The van der Waals surface area contributed by atoms with Gasteiger partial charge in [0.05, 0.1) is 11.5 Å². The number of nitrogens with zero attached hydrogens (tertiary/aromatic N) is 2. The van der Waals surface area contributed by atoms with Gasteiger partial charge in [-0.15, -0.1) is 0 Å². The first-order valence-electron chi connectivity index (χ1n) is 10.8. The van der Waals surface area contributed by atoms with Gasteiger partial charge in [-0.25, -0.2) is 4.79 Å². The van der Waals surface area contributed by atoms with Crippen LogP contribution in [0.15, 0.2) is 48.5 Å². The van der Waals surface area contributed by atoms with Crippen molar-refractivity contribution < 1.29 is 19.3 Å². The van der Waals surface area contributed by atoms with Crippen LogP contribution in [0.4, 0.5) is 10.5 Å². The molecule has 0 spiro atoms. The highest BCUT2D eigenvalue weighted by atomic mass is 16.6. The van der Waals surface area contributed by atoms with E-state index in [4.69, 9.17) is 0 Å². The van der Waals surface area contributed by atoms with Crippen molar-refractivity contribution in [1.82, 2.24) is 10.2 Å². The number of urea groups is 1. The maximum Gasteiger partial charge on any atom is 0.325 e.